The van der Waals surface area contributed by atoms with Gasteiger partial charge in [0.05, 0.1) is 0 Å². The number of Topliss-reactive ketones (excluding diaryl/α,β-unsaturated/α-hetero) is 2. The Bertz CT molecular complexity index is 513. The number of pyridine rings is 1. The summed E-state index contributed by atoms with van der Waals surface area (Å²) in [6, 6.07) is 3.96. The lowest BCUT2D eigenvalue weighted by Gasteiger charge is -2.39. The lowest BCUT2D eigenvalue weighted by atomic mass is 9.90. The second-order valence-electron chi connectivity index (χ2n) is 5.55. The summed E-state index contributed by atoms with van der Waals surface area (Å²) in [7, 11) is 0. The lowest BCUT2D eigenvalue weighted by Crippen LogP contribution is -2.60. The van der Waals surface area contributed by atoms with Gasteiger partial charge in [0.15, 0.2) is 17.1 Å². The van der Waals surface area contributed by atoms with Crippen LogP contribution in [-0.2, 0) is 9.59 Å². The minimum absolute atomic E-state index is 0.0132. The van der Waals surface area contributed by atoms with E-state index in [0.29, 0.717) is 12.8 Å². The van der Waals surface area contributed by atoms with Gasteiger partial charge in [-0.2, -0.15) is 0 Å². The molecule has 1 saturated carbocycles. The van der Waals surface area contributed by atoms with Crippen LogP contribution in [0.15, 0.2) is 24.5 Å². The van der Waals surface area contributed by atoms with Crippen LogP contribution in [-0.4, -0.2) is 40.1 Å². The fourth-order valence-electron chi connectivity index (χ4n) is 3.60. The Hall–Kier alpha value is -1.59. The van der Waals surface area contributed by atoms with Gasteiger partial charge in [0.1, 0.15) is 0 Å². The predicted molar refractivity (Wildman–Crippen MR) is 74.0 cm³/mol. The average molecular weight is 273 g/mol. The van der Waals surface area contributed by atoms with Crippen LogP contribution in [0.25, 0.3) is 0 Å². The molecule has 1 aliphatic heterocycles. The number of ketones is 2. The topological polar surface area (TPSA) is 76.3 Å². The molecule has 2 N–H and O–H groups in total. The summed E-state index contributed by atoms with van der Waals surface area (Å²) >= 11 is 0. The van der Waals surface area contributed by atoms with Gasteiger partial charge in [-0.15, -0.1) is 0 Å². The van der Waals surface area contributed by atoms with Gasteiger partial charge >= 0.3 is 0 Å². The standard InChI is InChI=1S/C15H19N3O2/c16-10-15(13(19)5-6-14(15)20)18-8-2-4-12(18)11-3-1-7-17-9-11/h1,3,7,9,12H,2,4-6,8,10,16H2. The number of nitrogens with zero attached hydrogens (tertiary/aromatic N) is 2. The Balaban J connectivity index is 1.99. The number of hydrogen-bond acceptors (Lipinski definition) is 5. The smallest absolute Gasteiger partial charge is 0.162 e. The van der Waals surface area contributed by atoms with Gasteiger partial charge in [0, 0.05) is 44.4 Å². The molecule has 0 amide bonds. The van der Waals surface area contributed by atoms with E-state index in [0.717, 1.165) is 24.9 Å². The van der Waals surface area contributed by atoms with Crippen molar-refractivity contribution in [1.29, 1.82) is 0 Å². The van der Waals surface area contributed by atoms with Gasteiger partial charge in [-0.1, -0.05) is 6.07 Å². The largest absolute Gasteiger partial charge is 0.328 e. The van der Waals surface area contributed by atoms with Crippen molar-refractivity contribution in [1.82, 2.24) is 9.88 Å². The Kier molecular flexibility index (Phi) is 3.40. The molecule has 1 aromatic rings. The van der Waals surface area contributed by atoms with Gasteiger partial charge in [-0.05, 0) is 24.5 Å². The summed E-state index contributed by atoms with van der Waals surface area (Å²) in [5.74, 6) is -0.0263. The Morgan fingerprint density at radius 2 is 2.10 bits per heavy atom. The van der Waals surface area contributed by atoms with Crippen LogP contribution in [0.5, 0.6) is 0 Å². The Morgan fingerprint density at radius 1 is 1.35 bits per heavy atom. The molecular weight excluding hydrogens is 254 g/mol. The lowest BCUT2D eigenvalue weighted by molar-refractivity contribution is -0.138. The molecule has 2 aliphatic rings. The second-order valence-corrected chi connectivity index (χ2v) is 5.55. The van der Waals surface area contributed by atoms with Crippen molar-refractivity contribution < 1.29 is 9.59 Å². The van der Waals surface area contributed by atoms with Crippen molar-refractivity contribution in [3.8, 4) is 0 Å². The number of hydrogen-bond donors (Lipinski definition) is 1. The first-order valence-corrected chi connectivity index (χ1v) is 7.13. The zero-order valence-corrected chi connectivity index (χ0v) is 11.4. The highest BCUT2D eigenvalue weighted by atomic mass is 16.2. The molecule has 0 radical (unpaired) electrons. The van der Waals surface area contributed by atoms with Gasteiger partial charge in [-0.3, -0.25) is 19.5 Å². The van der Waals surface area contributed by atoms with E-state index >= 15 is 0 Å². The molecule has 1 aliphatic carbocycles. The van der Waals surface area contributed by atoms with Crippen LogP contribution >= 0.6 is 0 Å². The van der Waals surface area contributed by atoms with E-state index in [2.05, 4.69) is 4.98 Å². The van der Waals surface area contributed by atoms with E-state index in [9.17, 15) is 9.59 Å². The van der Waals surface area contributed by atoms with Crippen LogP contribution in [0.3, 0.4) is 0 Å². The van der Waals surface area contributed by atoms with E-state index in [1.807, 2.05) is 23.2 Å². The molecule has 1 saturated heterocycles. The quantitative estimate of drug-likeness (QED) is 0.826. The van der Waals surface area contributed by atoms with Crippen LogP contribution < -0.4 is 5.73 Å². The summed E-state index contributed by atoms with van der Waals surface area (Å²) < 4.78 is 0. The van der Waals surface area contributed by atoms with E-state index in [4.69, 9.17) is 5.73 Å². The molecule has 2 fully saturated rings. The summed E-state index contributed by atoms with van der Waals surface area (Å²) in [6.07, 6.45) is 6.11. The van der Waals surface area contributed by atoms with Crippen molar-refractivity contribution in [3.63, 3.8) is 0 Å². The summed E-state index contributed by atoms with van der Waals surface area (Å²) in [6.45, 7) is 0.829. The van der Waals surface area contributed by atoms with Crippen LogP contribution in [0.4, 0.5) is 0 Å². The molecule has 3 rings (SSSR count). The van der Waals surface area contributed by atoms with E-state index in [1.165, 1.54) is 0 Å². The molecule has 1 unspecified atom stereocenters. The maximum Gasteiger partial charge on any atom is 0.162 e. The summed E-state index contributed by atoms with van der Waals surface area (Å²) in [5.41, 5.74) is 5.84. The number of aromatic nitrogens is 1. The highest BCUT2D eigenvalue weighted by Crippen LogP contribution is 2.41. The van der Waals surface area contributed by atoms with Crippen LogP contribution in [0.1, 0.15) is 37.3 Å². The molecule has 0 aromatic carbocycles. The third kappa shape index (κ3) is 1.81. The van der Waals surface area contributed by atoms with Gasteiger partial charge < -0.3 is 5.73 Å². The summed E-state index contributed by atoms with van der Waals surface area (Å²) in [4.78, 5) is 30.9. The normalized spacial score (nSPS) is 26.4. The zero-order valence-electron chi connectivity index (χ0n) is 11.4. The third-order valence-electron chi connectivity index (χ3n) is 4.61. The maximum absolute atomic E-state index is 12.3. The van der Waals surface area contributed by atoms with Crippen molar-refractivity contribution in [2.24, 2.45) is 5.73 Å². The molecule has 0 bridgehead atoms. The SMILES string of the molecule is NCC1(N2CCCC2c2cccnc2)C(=O)CCC1=O. The zero-order chi connectivity index (χ0) is 14.2. The van der Waals surface area contributed by atoms with Crippen molar-refractivity contribution >= 4 is 11.6 Å². The van der Waals surface area contributed by atoms with Crippen molar-refractivity contribution in [3.05, 3.63) is 30.1 Å². The van der Waals surface area contributed by atoms with E-state index in [-0.39, 0.29) is 24.2 Å². The minimum atomic E-state index is -1.09. The minimum Gasteiger partial charge on any atom is -0.328 e. The first-order valence-electron chi connectivity index (χ1n) is 7.13. The highest BCUT2D eigenvalue weighted by molar-refractivity contribution is 6.17. The first-order chi connectivity index (χ1) is 9.70. The fourth-order valence-corrected chi connectivity index (χ4v) is 3.60. The Labute approximate surface area is 118 Å². The molecular formula is C15H19N3O2. The number of likely N-dealkylation sites (tertiary alicyclic amines) is 1. The predicted octanol–water partition coefficient (Wildman–Crippen LogP) is 0.848. The van der Waals surface area contributed by atoms with Crippen molar-refractivity contribution in [2.45, 2.75) is 37.3 Å². The third-order valence-corrected chi connectivity index (χ3v) is 4.61. The van der Waals surface area contributed by atoms with Gasteiger partial charge in [0.2, 0.25) is 0 Å². The maximum atomic E-state index is 12.3. The summed E-state index contributed by atoms with van der Waals surface area (Å²) in [5, 5.41) is 0. The molecule has 0 spiro atoms. The van der Waals surface area contributed by atoms with Gasteiger partial charge in [-0.25, -0.2) is 0 Å². The molecule has 1 aromatic heterocycles. The van der Waals surface area contributed by atoms with E-state index in [1.54, 1.807) is 6.20 Å². The Morgan fingerprint density at radius 3 is 2.70 bits per heavy atom. The number of nitrogens with two attached hydrogens (primary N) is 1. The molecule has 2 heterocycles. The number of carbonyl (C=O) groups excluding carboxylic acids is 2. The van der Waals surface area contributed by atoms with Gasteiger partial charge in [0.25, 0.3) is 0 Å². The van der Waals surface area contributed by atoms with Crippen molar-refractivity contribution in [2.75, 3.05) is 13.1 Å². The second kappa shape index (κ2) is 5.07. The fraction of sp³-hybridized carbons (Fsp3) is 0.533. The molecule has 20 heavy (non-hydrogen) atoms. The van der Waals surface area contributed by atoms with Crippen LogP contribution in [0.2, 0.25) is 0 Å². The van der Waals surface area contributed by atoms with Crippen LogP contribution in [0, 0.1) is 0 Å². The molecule has 5 heteroatoms. The molecule has 5 nitrogen and oxygen atoms in total. The monoisotopic (exact) mass is 273 g/mol. The first kappa shape index (κ1) is 13.4. The highest BCUT2D eigenvalue weighted by Gasteiger charge is 2.55. The van der Waals surface area contributed by atoms with E-state index < -0.39 is 5.54 Å². The number of rotatable bonds is 3. The molecule has 1 atom stereocenters. The molecule has 106 valence electrons. The number of carbonyl (C=O) groups is 2. The average Bonchev–Trinajstić information content (AvgIpc) is 3.06.